The lowest BCUT2D eigenvalue weighted by Gasteiger charge is -2.22. The molecule has 1 aliphatic carbocycles. The Hall–Kier alpha value is -3.87. The highest BCUT2D eigenvalue weighted by Gasteiger charge is 2.52. The second-order valence-electron chi connectivity index (χ2n) is 11.0. The first kappa shape index (κ1) is 26.7. The number of amides is 1. The molecule has 2 aromatic heterocycles. The van der Waals surface area contributed by atoms with Gasteiger partial charge in [-0.2, -0.15) is 5.26 Å². The zero-order chi connectivity index (χ0) is 27.9. The van der Waals surface area contributed by atoms with Gasteiger partial charge in [-0.15, -0.1) is 5.10 Å². The first-order chi connectivity index (χ1) is 18.5. The zero-order valence-corrected chi connectivity index (χ0v) is 23.3. The highest BCUT2D eigenvalue weighted by molar-refractivity contribution is 6.36. The number of anilines is 2. The van der Waals surface area contributed by atoms with Crippen LogP contribution >= 0.6 is 23.2 Å². The van der Waals surface area contributed by atoms with Crippen molar-refractivity contribution < 1.29 is 4.79 Å². The van der Waals surface area contributed by atoms with Gasteiger partial charge in [0.15, 0.2) is 0 Å². The Morgan fingerprint density at radius 3 is 2.62 bits per heavy atom. The quantitative estimate of drug-likeness (QED) is 0.253. The third kappa shape index (κ3) is 5.22. The van der Waals surface area contributed by atoms with Crippen LogP contribution in [0.4, 0.5) is 11.4 Å². The molecule has 0 bridgehead atoms. The molecule has 4 aromatic rings. The molecule has 9 nitrogen and oxygen atoms in total. The molecular weight excluding hydrogens is 535 g/mol. The standard InChI is InChI=1S/C28H28Cl2N8O/c1-27(2,3)15-34-23-16(12-31)13-33-24-19(23)10-17(11-21(24)30)35-25(18-6-4-5-7-20(18)29)22-14-38(37-36-22)28(8-9-28)26(32)39/h4-7,10-11,13-14,25,35H,8-9,15H2,1-3H3,(H2,32,39)(H,33,34). The fraction of sp³-hybridized carbons (Fsp3) is 0.321. The van der Waals surface area contributed by atoms with E-state index in [4.69, 9.17) is 28.9 Å². The number of benzene rings is 2. The summed E-state index contributed by atoms with van der Waals surface area (Å²) in [5, 5.41) is 27.0. The van der Waals surface area contributed by atoms with E-state index in [0.29, 0.717) is 63.0 Å². The van der Waals surface area contributed by atoms with Gasteiger partial charge in [0.1, 0.15) is 17.3 Å². The second-order valence-corrected chi connectivity index (χ2v) is 11.8. The molecule has 1 atom stereocenters. The van der Waals surface area contributed by atoms with Crippen molar-refractivity contribution in [1.29, 1.82) is 5.26 Å². The van der Waals surface area contributed by atoms with Crippen molar-refractivity contribution in [3.8, 4) is 6.07 Å². The lowest BCUT2D eigenvalue weighted by molar-refractivity contribution is -0.122. The van der Waals surface area contributed by atoms with Crippen molar-refractivity contribution in [2.45, 2.75) is 45.2 Å². The van der Waals surface area contributed by atoms with Gasteiger partial charge < -0.3 is 16.4 Å². The molecule has 0 radical (unpaired) electrons. The Morgan fingerprint density at radius 1 is 1.23 bits per heavy atom. The monoisotopic (exact) mass is 562 g/mol. The summed E-state index contributed by atoms with van der Waals surface area (Å²) in [6.07, 6.45) is 4.50. The molecule has 4 N–H and O–H groups in total. The van der Waals surface area contributed by atoms with Gasteiger partial charge in [0.2, 0.25) is 5.91 Å². The number of rotatable bonds is 8. The van der Waals surface area contributed by atoms with Crippen molar-refractivity contribution in [2.24, 2.45) is 11.1 Å². The van der Waals surface area contributed by atoms with Crippen LogP contribution in [0.5, 0.6) is 0 Å². The van der Waals surface area contributed by atoms with E-state index in [1.54, 1.807) is 23.0 Å². The maximum atomic E-state index is 12.1. The minimum atomic E-state index is -0.838. The molecule has 1 fully saturated rings. The highest BCUT2D eigenvalue weighted by atomic mass is 35.5. The average Bonchev–Trinajstić information content (AvgIpc) is 3.56. The number of nitrogens with two attached hydrogens (primary N) is 1. The molecule has 0 aliphatic heterocycles. The Kier molecular flexibility index (Phi) is 6.87. The Morgan fingerprint density at radius 2 is 1.97 bits per heavy atom. The smallest absolute Gasteiger partial charge is 0.245 e. The molecule has 2 heterocycles. The van der Waals surface area contributed by atoms with Crippen LogP contribution in [0, 0.1) is 16.7 Å². The first-order valence-electron chi connectivity index (χ1n) is 12.5. The van der Waals surface area contributed by atoms with Gasteiger partial charge in [-0.25, -0.2) is 4.68 Å². The van der Waals surface area contributed by atoms with E-state index in [9.17, 15) is 10.1 Å². The lowest BCUT2D eigenvalue weighted by atomic mass is 9.96. The molecule has 5 rings (SSSR count). The summed E-state index contributed by atoms with van der Waals surface area (Å²) < 4.78 is 1.54. The van der Waals surface area contributed by atoms with E-state index in [1.807, 2.05) is 24.3 Å². The summed E-state index contributed by atoms with van der Waals surface area (Å²) in [7, 11) is 0. The second kappa shape index (κ2) is 10.0. The number of fused-ring (bicyclic) bond motifs is 1. The largest absolute Gasteiger partial charge is 0.383 e. The van der Waals surface area contributed by atoms with Gasteiger partial charge in [0, 0.05) is 28.8 Å². The number of nitrogens with one attached hydrogen (secondary N) is 2. The predicted molar refractivity (Wildman–Crippen MR) is 153 cm³/mol. The fourth-order valence-corrected chi connectivity index (χ4v) is 5.00. The Labute approximate surface area is 236 Å². The van der Waals surface area contributed by atoms with Crippen LogP contribution in [0.3, 0.4) is 0 Å². The van der Waals surface area contributed by atoms with Crippen LogP contribution in [-0.4, -0.2) is 32.4 Å². The van der Waals surface area contributed by atoms with Crippen LogP contribution < -0.4 is 16.4 Å². The Balaban J connectivity index is 1.60. The van der Waals surface area contributed by atoms with Crippen LogP contribution in [-0.2, 0) is 10.3 Å². The van der Waals surface area contributed by atoms with Crippen LogP contribution in [0.2, 0.25) is 10.0 Å². The van der Waals surface area contributed by atoms with Crippen molar-refractivity contribution >= 4 is 51.4 Å². The summed E-state index contributed by atoms with van der Waals surface area (Å²) in [6, 6.07) is 12.8. The van der Waals surface area contributed by atoms with E-state index in [1.165, 1.54) is 6.20 Å². The Bertz CT molecular complexity index is 1610. The highest BCUT2D eigenvalue weighted by Crippen LogP contribution is 2.43. The minimum Gasteiger partial charge on any atom is -0.383 e. The SMILES string of the molecule is CC(C)(C)CNc1c(C#N)cnc2c(Cl)cc(NC(c3cn(C4(C(N)=O)CC4)nn3)c3ccccc3Cl)cc12. The number of halogens is 2. The number of hydrogen-bond acceptors (Lipinski definition) is 7. The van der Waals surface area contributed by atoms with Crippen molar-refractivity contribution in [3.63, 3.8) is 0 Å². The van der Waals surface area contributed by atoms with Crippen LogP contribution in [0.15, 0.2) is 48.8 Å². The summed E-state index contributed by atoms with van der Waals surface area (Å²) >= 11 is 13.3. The molecule has 0 spiro atoms. The predicted octanol–water partition coefficient (Wildman–Crippen LogP) is 5.64. The third-order valence-electron chi connectivity index (χ3n) is 6.80. The molecule has 39 heavy (non-hydrogen) atoms. The number of pyridine rings is 1. The molecule has 11 heteroatoms. The maximum absolute atomic E-state index is 12.1. The maximum Gasteiger partial charge on any atom is 0.245 e. The number of carbonyl (C=O) groups is 1. The van der Waals surface area contributed by atoms with Gasteiger partial charge in [-0.3, -0.25) is 9.78 Å². The normalized spacial score (nSPS) is 15.0. The van der Waals surface area contributed by atoms with E-state index in [-0.39, 0.29) is 5.41 Å². The lowest BCUT2D eigenvalue weighted by Crippen LogP contribution is -2.34. The van der Waals surface area contributed by atoms with Gasteiger partial charge >= 0.3 is 0 Å². The molecule has 1 saturated carbocycles. The van der Waals surface area contributed by atoms with Crippen LogP contribution in [0.1, 0.15) is 56.5 Å². The van der Waals surface area contributed by atoms with E-state index in [0.717, 1.165) is 5.56 Å². The molecular formula is C28H28Cl2N8O. The molecule has 200 valence electrons. The number of carbonyl (C=O) groups excluding carboxylic acids is 1. The van der Waals surface area contributed by atoms with Gasteiger partial charge in [0.25, 0.3) is 0 Å². The topological polar surface area (TPSA) is 135 Å². The number of nitriles is 1. The van der Waals surface area contributed by atoms with Crippen molar-refractivity contribution in [3.05, 3.63) is 75.7 Å². The number of hydrogen-bond donors (Lipinski definition) is 3. The molecule has 1 aliphatic rings. The summed E-state index contributed by atoms with van der Waals surface area (Å²) in [5.41, 5.74) is 8.45. The summed E-state index contributed by atoms with van der Waals surface area (Å²) in [5.74, 6) is -0.432. The zero-order valence-electron chi connectivity index (χ0n) is 21.8. The van der Waals surface area contributed by atoms with E-state index in [2.05, 4.69) is 52.8 Å². The van der Waals surface area contributed by atoms with E-state index >= 15 is 0 Å². The molecule has 1 amide bonds. The van der Waals surface area contributed by atoms with Gasteiger partial charge in [-0.05, 0) is 42.0 Å². The van der Waals surface area contributed by atoms with Crippen molar-refractivity contribution in [1.82, 2.24) is 20.0 Å². The number of aromatic nitrogens is 4. The van der Waals surface area contributed by atoms with Gasteiger partial charge in [-0.1, -0.05) is 67.4 Å². The first-order valence-corrected chi connectivity index (χ1v) is 13.3. The number of primary amides is 1. The van der Waals surface area contributed by atoms with Crippen molar-refractivity contribution in [2.75, 3.05) is 17.2 Å². The molecule has 2 aromatic carbocycles. The molecule has 1 unspecified atom stereocenters. The van der Waals surface area contributed by atoms with Crippen LogP contribution in [0.25, 0.3) is 10.9 Å². The summed E-state index contributed by atoms with van der Waals surface area (Å²) in [4.78, 5) is 16.5. The van der Waals surface area contributed by atoms with Gasteiger partial charge in [0.05, 0.1) is 34.0 Å². The summed E-state index contributed by atoms with van der Waals surface area (Å²) in [6.45, 7) is 6.98. The fourth-order valence-electron chi connectivity index (χ4n) is 4.48. The number of nitrogens with zero attached hydrogens (tertiary/aromatic N) is 5. The minimum absolute atomic E-state index is 0.0210. The third-order valence-corrected chi connectivity index (χ3v) is 7.43. The molecule has 0 saturated heterocycles. The van der Waals surface area contributed by atoms with E-state index < -0.39 is 17.5 Å². The average molecular weight is 563 g/mol.